The average molecular weight is 289 g/mol. The van der Waals surface area contributed by atoms with Gasteiger partial charge in [-0.25, -0.2) is 0 Å². The molecule has 0 radical (unpaired) electrons. The molecule has 0 saturated heterocycles. The molecule has 0 aliphatic carbocycles. The van der Waals surface area contributed by atoms with Gasteiger partial charge in [0.1, 0.15) is 0 Å². The molecule has 1 aromatic carbocycles. The number of hydrogen-bond acceptors (Lipinski definition) is 2. The zero-order chi connectivity index (χ0) is 11.3. The summed E-state index contributed by atoms with van der Waals surface area (Å²) in [5.74, 6) is 1.83. The zero-order valence-electron chi connectivity index (χ0n) is 9.16. The molecular formula is C12H17BrOS. The Morgan fingerprint density at radius 3 is 2.80 bits per heavy atom. The van der Waals surface area contributed by atoms with Crippen LogP contribution in [-0.4, -0.2) is 10.9 Å². The van der Waals surface area contributed by atoms with Crippen LogP contribution < -0.4 is 0 Å². The number of halogens is 1. The van der Waals surface area contributed by atoms with Crippen LogP contribution in [-0.2, 0) is 6.61 Å². The van der Waals surface area contributed by atoms with Crippen LogP contribution in [0.2, 0.25) is 0 Å². The van der Waals surface area contributed by atoms with Gasteiger partial charge in [-0.05, 0) is 23.6 Å². The van der Waals surface area contributed by atoms with Gasteiger partial charge in [0.2, 0.25) is 0 Å². The molecule has 1 N–H and O–H groups in total. The molecule has 1 unspecified atom stereocenters. The van der Waals surface area contributed by atoms with E-state index in [1.54, 1.807) is 0 Å². The molecule has 1 aromatic rings. The first-order valence-electron chi connectivity index (χ1n) is 5.19. The predicted octanol–water partition coefficient (Wildman–Crippen LogP) is 4.08. The molecule has 15 heavy (non-hydrogen) atoms. The lowest BCUT2D eigenvalue weighted by atomic mass is 10.2. The maximum Gasteiger partial charge on any atom is 0.0692 e. The van der Waals surface area contributed by atoms with Gasteiger partial charge in [0.15, 0.2) is 0 Å². The van der Waals surface area contributed by atoms with E-state index in [0.717, 1.165) is 21.7 Å². The summed E-state index contributed by atoms with van der Waals surface area (Å²) >= 11 is 5.28. The minimum Gasteiger partial charge on any atom is -0.392 e. The van der Waals surface area contributed by atoms with Crippen molar-refractivity contribution in [2.75, 3.05) is 5.75 Å². The summed E-state index contributed by atoms with van der Waals surface area (Å²) in [4.78, 5) is 1.19. The van der Waals surface area contributed by atoms with E-state index < -0.39 is 0 Å². The smallest absolute Gasteiger partial charge is 0.0692 e. The highest BCUT2D eigenvalue weighted by molar-refractivity contribution is 9.10. The third kappa shape index (κ3) is 4.17. The molecule has 1 atom stereocenters. The Balaban J connectivity index is 2.69. The number of hydrogen-bond donors (Lipinski definition) is 1. The van der Waals surface area contributed by atoms with Crippen molar-refractivity contribution in [1.29, 1.82) is 0 Å². The van der Waals surface area contributed by atoms with E-state index in [-0.39, 0.29) is 6.61 Å². The summed E-state index contributed by atoms with van der Waals surface area (Å²) in [6.45, 7) is 4.58. The van der Waals surface area contributed by atoms with Crippen molar-refractivity contribution in [1.82, 2.24) is 0 Å². The van der Waals surface area contributed by atoms with Crippen LogP contribution >= 0.6 is 27.7 Å². The minimum atomic E-state index is 0.121. The zero-order valence-corrected chi connectivity index (χ0v) is 11.6. The molecule has 84 valence electrons. The molecule has 0 aromatic heterocycles. The summed E-state index contributed by atoms with van der Waals surface area (Å²) < 4.78 is 1.08. The molecule has 0 bridgehead atoms. The predicted molar refractivity (Wildman–Crippen MR) is 70.2 cm³/mol. The monoisotopic (exact) mass is 288 g/mol. The van der Waals surface area contributed by atoms with Gasteiger partial charge in [-0.15, -0.1) is 11.8 Å². The van der Waals surface area contributed by atoms with Crippen molar-refractivity contribution in [2.45, 2.75) is 31.8 Å². The Morgan fingerprint density at radius 1 is 1.47 bits per heavy atom. The molecule has 0 saturated carbocycles. The van der Waals surface area contributed by atoms with Gasteiger partial charge in [-0.3, -0.25) is 0 Å². The molecular weight excluding hydrogens is 272 g/mol. The standard InChI is InChI=1S/C12H17BrOS/c1-3-9(2)8-15-12-6-11(13)5-4-10(12)7-14/h4-6,9,14H,3,7-8H2,1-2H3. The Morgan fingerprint density at radius 2 is 2.20 bits per heavy atom. The van der Waals surface area contributed by atoms with Gasteiger partial charge in [-0.2, -0.15) is 0 Å². The van der Waals surface area contributed by atoms with Crippen molar-refractivity contribution in [2.24, 2.45) is 5.92 Å². The summed E-state index contributed by atoms with van der Waals surface area (Å²) in [7, 11) is 0. The largest absolute Gasteiger partial charge is 0.392 e. The number of benzene rings is 1. The number of aliphatic hydroxyl groups is 1. The van der Waals surface area contributed by atoms with Crippen LogP contribution in [0.3, 0.4) is 0 Å². The molecule has 0 aliphatic rings. The third-order valence-corrected chi connectivity index (χ3v) is 4.34. The molecule has 0 heterocycles. The summed E-state index contributed by atoms with van der Waals surface area (Å²) in [5, 5.41) is 9.20. The van der Waals surface area contributed by atoms with E-state index in [4.69, 9.17) is 0 Å². The summed E-state index contributed by atoms with van der Waals surface area (Å²) in [5.41, 5.74) is 1.02. The van der Waals surface area contributed by atoms with Gasteiger partial charge in [0.25, 0.3) is 0 Å². The van der Waals surface area contributed by atoms with E-state index in [0.29, 0.717) is 0 Å². The number of rotatable bonds is 5. The molecule has 0 fully saturated rings. The first-order valence-corrected chi connectivity index (χ1v) is 6.97. The normalized spacial score (nSPS) is 12.8. The number of aliphatic hydroxyl groups excluding tert-OH is 1. The fraction of sp³-hybridized carbons (Fsp3) is 0.500. The van der Waals surface area contributed by atoms with Gasteiger partial charge in [0, 0.05) is 15.1 Å². The fourth-order valence-electron chi connectivity index (χ4n) is 1.14. The Hall–Kier alpha value is 0.01000. The van der Waals surface area contributed by atoms with Crippen LogP contribution in [0.15, 0.2) is 27.6 Å². The molecule has 1 nitrogen and oxygen atoms in total. The first-order chi connectivity index (χ1) is 7.17. The fourth-order valence-corrected chi connectivity index (χ4v) is 2.88. The quantitative estimate of drug-likeness (QED) is 0.824. The first kappa shape index (κ1) is 13.1. The lowest BCUT2D eigenvalue weighted by Crippen LogP contribution is -1.96. The van der Waals surface area contributed by atoms with E-state index >= 15 is 0 Å². The Labute approximate surface area is 104 Å². The molecule has 0 spiro atoms. The van der Waals surface area contributed by atoms with E-state index in [2.05, 4.69) is 35.8 Å². The highest BCUT2D eigenvalue weighted by Gasteiger charge is 2.05. The molecule has 0 aliphatic heterocycles. The average Bonchev–Trinajstić information content (AvgIpc) is 2.26. The molecule has 1 rings (SSSR count). The Kier molecular flexibility index (Phi) is 5.72. The lowest BCUT2D eigenvalue weighted by molar-refractivity contribution is 0.279. The van der Waals surface area contributed by atoms with Crippen LogP contribution in [0.4, 0.5) is 0 Å². The maximum absolute atomic E-state index is 9.20. The third-order valence-electron chi connectivity index (χ3n) is 2.42. The van der Waals surface area contributed by atoms with Crippen LogP contribution in [0.25, 0.3) is 0 Å². The highest BCUT2D eigenvalue weighted by Crippen LogP contribution is 2.28. The van der Waals surface area contributed by atoms with Crippen LogP contribution in [0, 0.1) is 5.92 Å². The summed E-state index contributed by atoms with van der Waals surface area (Å²) in [6, 6.07) is 6.03. The van der Waals surface area contributed by atoms with Crippen molar-refractivity contribution < 1.29 is 5.11 Å². The molecule has 3 heteroatoms. The lowest BCUT2D eigenvalue weighted by Gasteiger charge is -2.11. The van der Waals surface area contributed by atoms with E-state index in [1.165, 1.54) is 11.3 Å². The van der Waals surface area contributed by atoms with Gasteiger partial charge >= 0.3 is 0 Å². The van der Waals surface area contributed by atoms with Crippen molar-refractivity contribution in [3.05, 3.63) is 28.2 Å². The van der Waals surface area contributed by atoms with Gasteiger partial charge in [0.05, 0.1) is 6.61 Å². The topological polar surface area (TPSA) is 20.2 Å². The SMILES string of the molecule is CCC(C)CSc1cc(Br)ccc1CO. The number of thioether (sulfide) groups is 1. The second kappa shape index (κ2) is 6.56. The Bertz CT molecular complexity index is 314. The molecule has 0 amide bonds. The van der Waals surface area contributed by atoms with Crippen molar-refractivity contribution in [3.63, 3.8) is 0 Å². The van der Waals surface area contributed by atoms with Crippen molar-refractivity contribution >= 4 is 27.7 Å². The van der Waals surface area contributed by atoms with E-state index in [9.17, 15) is 5.11 Å². The van der Waals surface area contributed by atoms with E-state index in [1.807, 2.05) is 23.9 Å². The van der Waals surface area contributed by atoms with Gasteiger partial charge < -0.3 is 5.11 Å². The minimum absolute atomic E-state index is 0.121. The second-order valence-electron chi connectivity index (χ2n) is 3.73. The second-order valence-corrected chi connectivity index (χ2v) is 5.71. The van der Waals surface area contributed by atoms with Crippen LogP contribution in [0.5, 0.6) is 0 Å². The summed E-state index contributed by atoms with van der Waals surface area (Å²) in [6.07, 6.45) is 1.20. The van der Waals surface area contributed by atoms with Crippen LogP contribution in [0.1, 0.15) is 25.8 Å². The highest BCUT2D eigenvalue weighted by atomic mass is 79.9. The maximum atomic E-state index is 9.20. The van der Waals surface area contributed by atoms with Crippen molar-refractivity contribution in [3.8, 4) is 0 Å². The van der Waals surface area contributed by atoms with Gasteiger partial charge in [-0.1, -0.05) is 42.3 Å².